The summed E-state index contributed by atoms with van der Waals surface area (Å²) in [6, 6.07) is 13.5. The van der Waals surface area contributed by atoms with E-state index in [0.717, 1.165) is 35.8 Å². The van der Waals surface area contributed by atoms with Crippen LogP contribution in [0.25, 0.3) is 6.08 Å². The van der Waals surface area contributed by atoms with Gasteiger partial charge in [-0.15, -0.1) is 0 Å². The molecule has 0 N–H and O–H groups in total. The van der Waals surface area contributed by atoms with Crippen LogP contribution in [0.2, 0.25) is 0 Å². The molecule has 1 aliphatic rings. The fourth-order valence-corrected chi connectivity index (χ4v) is 4.30. The minimum atomic E-state index is -0.613. The number of rotatable bonds is 7. The van der Waals surface area contributed by atoms with Crippen LogP contribution in [0.15, 0.2) is 51.8 Å². The highest BCUT2D eigenvalue weighted by atomic mass is 127. The number of nitrogens with zero attached hydrogens (tertiary/aromatic N) is 1. The van der Waals surface area contributed by atoms with E-state index in [1.54, 1.807) is 25.1 Å². The number of carbonyl (C=O) groups is 3. The van der Waals surface area contributed by atoms with Crippen molar-refractivity contribution in [3.63, 3.8) is 0 Å². The van der Waals surface area contributed by atoms with Crippen LogP contribution in [0.5, 0.6) is 5.75 Å². The van der Waals surface area contributed by atoms with E-state index in [4.69, 9.17) is 9.47 Å². The zero-order valence-electron chi connectivity index (χ0n) is 15.9. The van der Waals surface area contributed by atoms with Crippen molar-refractivity contribution in [1.29, 1.82) is 0 Å². The number of hydrogen-bond donors (Lipinski definition) is 0. The first-order chi connectivity index (χ1) is 14.4. The van der Waals surface area contributed by atoms with Gasteiger partial charge in [-0.05, 0) is 98.7 Å². The first kappa shape index (κ1) is 22.8. The fourth-order valence-electron chi connectivity index (χ4n) is 2.59. The van der Waals surface area contributed by atoms with Crippen LogP contribution < -0.4 is 4.74 Å². The Kier molecular flexibility index (Phi) is 7.95. The number of ether oxygens (including phenoxy) is 2. The highest BCUT2D eigenvalue weighted by Crippen LogP contribution is 2.34. The van der Waals surface area contributed by atoms with Crippen molar-refractivity contribution in [3.8, 4) is 5.75 Å². The average molecular weight is 602 g/mol. The highest BCUT2D eigenvalue weighted by molar-refractivity contribution is 14.1. The molecule has 2 aromatic carbocycles. The molecular weight excluding hydrogens is 585 g/mol. The van der Waals surface area contributed by atoms with Crippen molar-refractivity contribution < 1.29 is 23.9 Å². The van der Waals surface area contributed by atoms with E-state index in [9.17, 15) is 14.4 Å². The van der Waals surface area contributed by atoms with Gasteiger partial charge in [-0.2, -0.15) is 0 Å². The quantitative estimate of drug-likeness (QED) is 0.246. The Hall–Kier alpha value is -1.85. The number of amides is 2. The smallest absolute Gasteiger partial charge is 0.326 e. The van der Waals surface area contributed by atoms with Gasteiger partial charge >= 0.3 is 5.97 Å². The fraction of sp³-hybridized carbons (Fsp3) is 0.190. The minimum absolute atomic E-state index is 0.191. The van der Waals surface area contributed by atoms with Crippen molar-refractivity contribution in [3.05, 3.63) is 66.5 Å². The normalized spacial score (nSPS) is 15.0. The lowest BCUT2D eigenvalue weighted by molar-refractivity contribution is -0.145. The molecule has 1 saturated heterocycles. The van der Waals surface area contributed by atoms with Crippen LogP contribution in [-0.4, -0.2) is 35.2 Å². The van der Waals surface area contributed by atoms with Gasteiger partial charge < -0.3 is 9.47 Å². The van der Waals surface area contributed by atoms with Crippen molar-refractivity contribution in [1.82, 2.24) is 4.90 Å². The summed E-state index contributed by atoms with van der Waals surface area (Å²) >= 11 is 6.54. The molecule has 2 aromatic rings. The second-order valence-electron chi connectivity index (χ2n) is 6.18. The molecule has 9 heteroatoms. The molecule has 6 nitrogen and oxygen atoms in total. The van der Waals surface area contributed by atoms with Crippen LogP contribution in [0.1, 0.15) is 18.1 Å². The molecule has 0 bridgehead atoms. The average Bonchev–Trinajstić information content (AvgIpc) is 2.96. The molecule has 0 unspecified atom stereocenters. The zero-order valence-corrected chi connectivity index (χ0v) is 20.5. The Bertz CT molecular complexity index is 1010. The third kappa shape index (κ3) is 5.86. The Morgan fingerprint density at radius 2 is 1.93 bits per heavy atom. The molecule has 3 rings (SSSR count). The first-order valence-electron chi connectivity index (χ1n) is 8.95. The Morgan fingerprint density at radius 3 is 2.60 bits per heavy atom. The van der Waals surface area contributed by atoms with Crippen molar-refractivity contribution >= 4 is 73.5 Å². The van der Waals surface area contributed by atoms with Gasteiger partial charge in [0.15, 0.2) is 0 Å². The summed E-state index contributed by atoms with van der Waals surface area (Å²) in [5.74, 6) is -0.451. The standard InChI is InChI=1S/C21H17BrINO5S/c1-2-28-19(25)11-24-20(26)18(30-21(24)27)10-14-5-8-17(16(22)9-14)29-12-13-3-6-15(23)7-4-13/h3-10H,2,11-12H2,1H3/b18-10+. The molecule has 1 fully saturated rings. The summed E-state index contributed by atoms with van der Waals surface area (Å²) in [4.78, 5) is 37.3. The van der Waals surface area contributed by atoms with E-state index in [0.29, 0.717) is 12.4 Å². The third-order valence-corrected chi connectivity index (χ3v) is 6.27. The molecular formula is C21H17BrINO5S. The van der Waals surface area contributed by atoms with E-state index in [1.807, 2.05) is 30.3 Å². The van der Waals surface area contributed by atoms with Crippen LogP contribution in [-0.2, 0) is 20.9 Å². The van der Waals surface area contributed by atoms with Gasteiger partial charge in [0.2, 0.25) is 0 Å². The maximum absolute atomic E-state index is 12.5. The van der Waals surface area contributed by atoms with E-state index in [1.165, 1.54) is 0 Å². The Morgan fingerprint density at radius 1 is 1.20 bits per heavy atom. The number of benzene rings is 2. The summed E-state index contributed by atoms with van der Waals surface area (Å²) in [5, 5.41) is -0.490. The molecule has 1 heterocycles. The maximum Gasteiger partial charge on any atom is 0.326 e. The van der Waals surface area contributed by atoms with E-state index >= 15 is 0 Å². The molecule has 0 aromatic heterocycles. The molecule has 0 saturated carbocycles. The SMILES string of the molecule is CCOC(=O)CN1C(=O)S/C(=C/c2ccc(OCc3ccc(I)cc3)c(Br)c2)C1=O. The van der Waals surface area contributed by atoms with Gasteiger partial charge in [0, 0.05) is 3.57 Å². The molecule has 30 heavy (non-hydrogen) atoms. The lowest BCUT2D eigenvalue weighted by Crippen LogP contribution is -2.34. The van der Waals surface area contributed by atoms with Crippen LogP contribution in [0.3, 0.4) is 0 Å². The molecule has 0 spiro atoms. The number of halogens is 2. The molecule has 0 aliphatic carbocycles. The zero-order chi connectivity index (χ0) is 21.7. The number of imide groups is 1. The summed E-state index contributed by atoms with van der Waals surface area (Å²) in [5.41, 5.74) is 1.78. The highest BCUT2D eigenvalue weighted by Gasteiger charge is 2.36. The monoisotopic (exact) mass is 601 g/mol. The number of esters is 1. The number of thioether (sulfide) groups is 1. The molecule has 156 valence electrons. The van der Waals surface area contributed by atoms with Gasteiger partial charge in [0.05, 0.1) is 16.0 Å². The predicted octanol–water partition coefficient (Wildman–Crippen LogP) is 5.23. The van der Waals surface area contributed by atoms with Crippen LogP contribution >= 0.6 is 50.3 Å². The number of carbonyl (C=O) groups excluding carboxylic acids is 3. The summed E-state index contributed by atoms with van der Waals surface area (Å²) in [7, 11) is 0. The predicted molar refractivity (Wildman–Crippen MR) is 127 cm³/mol. The van der Waals surface area contributed by atoms with Crippen LogP contribution in [0.4, 0.5) is 4.79 Å². The molecule has 0 radical (unpaired) electrons. The Balaban J connectivity index is 1.68. The maximum atomic E-state index is 12.5. The lowest BCUT2D eigenvalue weighted by atomic mass is 10.2. The van der Waals surface area contributed by atoms with Crippen molar-refractivity contribution in [2.75, 3.05) is 13.2 Å². The van der Waals surface area contributed by atoms with Crippen molar-refractivity contribution in [2.45, 2.75) is 13.5 Å². The topological polar surface area (TPSA) is 72.9 Å². The van der Waals surface area contributed by atoms with Gasteiger partial charge in [-0.25, -0.2) is 0 Å². The van der Waals surface area contributed by atoms with E-state index in [2.05, 4.69) is 38.5 Å². The summed E-state index contributed by atoms with van der Waals surface area (Å²) in [6.07, 6.45) is 1.61. The first-order valence-corrected chi connectivity index (χ1v) is 11.6. The van der Waals surface area contributed by atoms with Gasteiger partial charge in [-0.1, -0.05) is 18.2 Å². The van der Waals surface area contributed by atoms with Crippen LogP contribution in [0, 0.1) is 3.57 Å². The summed E-state index contributed by atoms with van der Waals surface area (Å²) < 4.78 is 12.6. The molecule has 1 aliphatic heterocycles. The number of hydrogen-bond acceptors (Lipinski definition) is 6. The largest absolute Gasteiger partial charge is 0.488 e. The van der Waals surface area contributed by atoms with E-state index in [-0.39, 0.29) is 18.1 Å². The third-order valence-electron chi connectivity index (χ3n) is 4.03. The summed E-state index contributed by atoms with van der Waals surface area (Å²) in [6.45, 7) is 1.90. The van der Waals surface area contributed by atoms with E-state index < -0.39 is 17.1 Å². The van der Waals surface area contributed by atoms with Gasteiger partial charge in [0.25, 0.3) is 11.1 Å². The van der Waals surface area contributed by atoms with Gasteiger partial charge in [-0.3, -0.25) is 19.3 Å². The van der Waals surface area contributed by atoms with Crippen molar-refractivity contribution in [2.24, 2.45) is 0 Å². The second kappa shape index (κ2) is 10.5. The second-order valence-corrected chi connectivity index (χ2v) is 9.27. The molecule has 2 amide bonds. The minimum Gasteiger partial charge on any atom is -0.488 e. The Labute approximate surface area is 200 Å². The lowest BCUT2D eigenvalue weighted by Gasteiger charge is -2.11. The molecule has 0 atom stereocenters. The van der Waals surface area contributed by atoms with Gasteiger partial charge in [0.1, 0.15) is 18.9 Å².